The second-order valence-electron chi connectivity index (χ2n) is 5.47. The minimum Gasteiger partial charge on any atom is -0.457 e. The molecule has 7 nitrogen and oxygen atoms in total. The lowest BCUT2D eigenvalue weighted by atomic mass is 10.2. The molecule has 1 aromatic carbocycles. The van der Waals surface area contributed by atoms with E-state index in [0.29, 0.717) is 5.69 Å². The highest BCUT2D eigenvalue weighted by atomic mass is 32.2. The Labute approximate surface area is 132 Å². The average Bonchev–Trinajstić information content (AvgIpc) is 3.17. The average molecular weight is 334 g/mol. The van der Waals surface area contributed by atoms with Crippen LogP contribution in [0.3, 0.4) is 0 Å². The van der Waals surface area contributed by atoms with Gasteiger partial charge in [0.25, 0.3) is 0 Å². The Morgan fingerprint density at radius 2 is 2.22 bits per heavy atom. The van der Waals surface area contributed by atoms with Crippen LogP contribution in [0.2, 0.25) is 0 Å². The van der Waals surface area contributed by atoms with E-state index in [1.165, 1.54) is 18.4 Å². The van der Waals surface area contributed by atoms with E-state index in [4.69, 9.17) is 9.15 Å². The van der Waals surface area contributed by atoms with Gasteiger partial charge < -0.3 is 14.1 Å². The zero-order valence-electron chi connectivity index (χ0n) is 12.1. The number of esters is 1. The molecule has 1 fully saturated rings. The Bertz CT molecular complexity index is 860. The van der Waals surface area contributed by atoms with E-state index in [9.17, 15) is 13.2 Å². The largest absolute Gasteiger partial charge is 0.457 e. The molecule has 1 unspecified atom stereocenters. The topological polar surface area (TPSA) is 88.8 Å². The molecule has 0 bridgehead atoms. The van der Waals surface area contributed by atoms with E-state index in [1.54, 1.807) is 18.2 Å². The minimum atomic E-state index is -3.61. The number of nitrogens with one attached hydrogen (secondary N) is 1. The molecule has 0 saturated carbocycles. The van der Waals surface area contributed by atoms with Gasteiger partial charge in [0.2, 0.25) is 15.8 Å². The fraction of sp³-hybridized carbons (Fsp3) is 0.267. The number of benzene rings is 1. The number of rotatable bonds is 2. The molecule has 1 aromatic heterocycles. The molecule has 4 rings (SSSR count). The molecule has 1 atom stereocenters. The van der Waals surface area contributed by atoms with Crippen LogP contribution in [0, 0.1) is 0 Å². The third kappa shape index (κ3) is 2.40. The first-order chi connectivity index (χ1) is 11.0. The van der Waals surface area contributed by atoms with E-state index in [-0.39, 0.29) is 22.6 Å². The molecule has 0 amide bonds. The van der Waals surface area contributed by atoms with Crippen molar-refractivity contribution in [3.8, 4) is 5.75 Å². The highest BCUT2D eigenvalue weighted by Crippen LogP contribution is 2.37. The summed E-state index contributed by atoms with van der Waals surface area (Å²) >= 11 is 0. The van der Waals surface area contributed by atoms with Crippen LogP contribution in [0.4, 0.5) is 5.69 Å². The number of furan rings is 1. The van der Waals surface area contributed by atoms with Crippen LogP contribution in [0.5, 0.6) is 5.75 Å². The fourth-order valence-corrected chi connectivity index (χ4v) is 4.44. The van der Waals surface area contributed by atoms with Crippen molar-refractivity contribution in [3.05, 3.63) is 42.4 Å². The van der Waals surface area contributed by atoms with Gasteiger partial charge in [0.1, 0.15) is 10.6 Å². The van der Waals surface area contributed by atoms with Crippen molar-refractivity contribution in [2.45, 2.75) is 23.9 Å². The van der Waals surface area contributed by atoms with Crippen LogP contribution in [0.1, 0.15) is 23.4 Å². The maximum absolute atomic E-state index is 12.4. The Morgan fingerprint density at radius 3 is 3.00 bits per heavy atom. The maximum atomic E-state index is 12.4. The maximum Gasteiger partial charge on any atom is 0.379 e. The number of anilines is 1. The predicted octanol–water partition coefficient (Wildman–Crippen LogP) is 1.72. The molecule has 23 heavy (non-hydrogen) atoms. The molecule has 8 heteroatoms. The van der Waals surface area contributed by atoms with Crippen LogP contribution in [-0.2, 0) is 10.0 Å². The van der Waals surface area contributed by atoms with E-state index >= 15 is 0 Å². The zero-order valence-corrected chi connectivity index (χ0v) is 12.9. The molecule has 0 aliphatic carbocycles. The van der Waals surface area contributed by atoms with Gasteiger partial charge >= 0.3 is 5.97 Å². The highest BCUT2D eigenvalue weighted by Gasteiger charge is 2.37. The second-order valence-corrected chi connectivity index (χ2v) is 7.15. The molecule has 0 radical (unpaired) electrons. The summed E-state index contributed by atoms with van der Waals surface area (Å²) in [5.74, 6) is -0.452. The quantitative estimate of drug-likeness (QED) is 0.664. The fourth-order valence-electron chi connectivity index (χ4n) is 2.98. The first kappa shape index (κ1) is 14.3. The predicted molar refractivity (Wildman–Crippen MR) is 80.8 cm³/mol. The van der Waals surface area contributed by atoms with E-state index in [2.05, 4.69) is 4.72 Å². The normalized spacial score (nSPS) is 21.6. The molecule has 0 spiro atoms. The van der Waals surface area contributed by atoms with Gasteiger partial charge in [-0.25, -0.2) is 13.2 Å². The molecular formula is C15H14N2O5S. The number of sulfonamides is 1. The summed E-state index contributed by atoms with van der Waals surface area (Å²) in [5.41, 5.74) is 0.643. The van der Waals surface area contributed by atoms with Gasteiger partial charge in [0.15, 0.2) is 0 Å². The summed E-state index contributed by atoms with van der Waals surface area (Å²) in [6.07, 6.45) is 2.89. The lowest BCUT2D eigenvalue weighted by molar-refractivity contribution is 0.0701. The summed E-state index contributed by atoms with van der Waals surface area (Å²) in [4.78, 5) is 14.0. The van der Waals surface area contributed by atoms with Gasteiger partial charge in [0.05, 0.1) is 18.1 Å². The van der Waals surface area contributed by atoms with Crippen molar-refractivity contribution in [1.29, 1.82) is 0 Å². The summed E-state index contributed by atoms with van der Waals surface area (Å²) in [6, 6.07) is 7.69. The molecule has 1 saturated heterocycles. The van der Waals surface area contributed by atoms with Crippen molar-refractivity contribution in [1.82, 2.24) is 4.72 Å². The van der Waals surface area contributed by atoms with Crippen molar-refractivity contribution in [3.63, 3.8) is 0 Å². The number of carbonyl (C=O) groups is 1. The summed E-state index contributed by atoms with van der Waals surface area (Å²) in [7, 11) is -3.61. The lowest BCUT2D eigenvalue weighted by Gasteiger charge is -2.33. The van der Waals surface area contributed by atoms with E-state index in [0.717, 1.165) is 19.4 Å². The Hall–Kier alpha value is -2.32. The van der Waals surface area contributed by atoms with Crippen molar-refractivity contribution in [2.75, 3.05) is 11.4 Å². The molecule has 2 aromatic rings. The van der Waals surface area contributed by atoms with Crippen molar-refractivity contribution >= 4 is 21.7 Å². The van der Waals surface area contributed by atoms with Gasteiger partial charge in [-0.2, -0.15) is 4.72 Å². The molecule has 120 valence electrons. The summed E-state index contributed by atoms with van der Waals surface area (Å²) in [6.45, 7) is 0.797. The third-order valence-corrected chi connectivity index (χ3v) is 5.50. The summed E-state index contributed by atoms with van der Waals surface area (Å²) in [5, 5.41) is 0. The number of fused-ring (bicyclic) bond motifs is 3. The first-order valence-corrected chi connectivity index (χ1v) is 8.72. The van der Waals surface area contributed by atoms with Gasteiger partial charge in [0, 0.05) is 12.6 Å². The van der Waals surface area contributed by atoms with Gasteiger partial charge in [-0.1, -0.05) is 0 Å². The zero-order chi connectivity index (χ0) is 16.0. The molecular weight excluding hydrogens is 320 g/mol. The van der Waals surface area contributed by atoms with Crippen LogP contribution < -0.4 is 14.4 Å². The number of hydrogen-bond acceptors (Lipinski definition) is 6. The summed E-state index contributed by atoms with van der Waals surface area (Å²) < 4.78 is 37.6. The van der Waals surface area contributed by atoms with E-state index in [1.807, 2.05) is 4.90 Å². The number of hydrogen-bond donors (Lipinski definition) is 1. The lowest BCUT2D eigenvalue weighted by Crippen LogP contribution is -2.48. The molecule has 2 aliphatic heterocycles. The van der Waals surface area contributed by atoms with Crippen LogP contribution in [0.25, 0.3) is 0 Å². The number of carbonyl (C=O) groups excluding carboxylic acids is 1. The van der Waals surface area contributed by atoms with Crippen LogP contribution >= 0.6 is 0 Å². The van der Waals surface area contributed by atoms with Gasteiger partial charge in [-0.15, -0.1) is 0 Å². The van der Waals surface area contributed by atoms with E-state index < -0.39 is 16.0 Å². The standard InChI is InChI=1S/C15H14N2O5S/c18-15(12-3-2-8-21-12)22-10-5-6-11-13(9-10)23(19,20)16-14-4-1-7-17(11)14/h2-3,5-6,8-9,14,16H,1,4,7H2. The van der Waals surface area contributed by atoms with Crippen LogP contribution in [-0.4, -0.2) is 27.1 Å². The van der Waals surface area contributed by atoms with Crippen molar-refractivity contribution < 1.29 is 22.4 Å². The minimum absolute atomic E-state index is 0.0586. The number of nitrogens with zero attached hydrogens (tertiary/aromatic N) is 1. The Kier molecular flexibility index (Phi) is 3.17. The van der Waals surface area contributed by atoms with Gasteiger partial charge in [-0.05, 0) is 37.1 Å². The van der Waals surface area contributed by atoms with Gasteiger partial charge in [-0.3, -0.25) is 0 Å². The third-order valence-electron chi connectivity index (χ3n) is 4.01. The Morgan fingerprint density at radius 1 is 1.35 bits per heavy atom. The second kappa shape index (κ2) is 5.10. The SMILES string of the molecule is O=C(Oc1ccc2c(c1)S(=O)(=O)NC1CCCN21)c1ccco1. The molecule has 3 heterocycles. The monoisotopic (exact) mass is 334 g/mol. The molecule has 2 aliphatic rings. The first-order valence-electron chi connectivity index (χ1n) is 7.23. The Balaban J connectivity index is 1.69. The number of ether oxygens (including phenoxy) is 1. The van der Waals surface area contributed by atoms with Crippen LogP contribution in [0.15, 0.2) is 45.9 Å². The van der Waals surface area contributed by atoms with Crippen molar-refractivity contribution in [2.24, 2.45) is 0 Å². The highest BCUT2D eigenvalue weighted by molar-refractivity contribution is 7.89. The molecule has 1 N–H and O–H groups in total. The smallest absolute Gasteiger partial charge is 0.379 e.